The van der Waals surface area contributed by atoms with Gasteiger partial charge in [0.2, 0.25) is 0 Å². The maximum absolute atomic E-state index is 11.2. The van der Waals surface area contributed by atoms with E-state index in [1.165, 1.54) is 6.20 Å². The predicted octanol–water partition coefficient (Wildman–Crippen LogP) is 2.51. The second-order valence-electron chi connectivity index (χ2n) is 5.15. The number of aromatic nitrogens is 4. The van der Waals surface area contributed by atoms with Crippen molar-refractivity contribution in [1.82, 2.24) is 19.7 Å². The van der Waals surface area contributed by atoms with Crippen molar-refractivity contribution < 1.29 is 9.90 Å². The first-order valence-electron chi connectivity index (χ1n) is 6.67. The first-order valence-corrected chi connectivity index (χ1v) is 6.67. The number of aromatic carboxylic acids is 1. The van der Waals surface area contributed by atoms with Crippen molar-refractivity contribution in [3.05, 3.63) is 40.7 Å². The molecule has 0 aliphatic heterocycles. The number of rotatable bonds is 4. The fourth-order valence-corrected chi connectivity index (χ4v) is 2.04. The summed E-state index contributed by atoms with van der Waals surface area (Å²) in [5.74, 6) is -0.496. The largest absolute Gasteiger partial charge is 0.478 e. The van der Waals surface area contributed by atoms with Gasteiger partial charge in [-0.1, -0.05) is 13.8 Å². The number of carboxylic acid groups (broad SMARTS) is 1. The highest BCUT2D eigenvalue weighted by molar-refractivity contribution is 5.88. The lowest BCUT2D eigenvalue weighted by atomic mass is 10.1. The third-order valence-corrected chi connectivity index (χ3v) is 3.06. The standard InChI is InChI=1S/C15H18N4O2/c1-9(2)14-12(15(20)21)8-16-13(17-14)6-5-11-7-10(3)18-19(11)4/h5-9H,1-4H3,(H,20,21). The molecule has 110 valence electrons. The summed E-state index contributed by atoms with van der Waals surface area (Å²) >= 11 is 0. The monoisotopic (exact) mass is 286 g/mol. The number of aryl methyl sites for hydroxylation is 2. The summed E-state index contributed by atoms with van der Waals surface area (Å²) in [5, 5.41) is 13.4. The van der Waals surface area contributed by atoms with E-state index in [0.29, 0.717) is 11.5 Å². The minimum absolute atomic E-state index is 0.0187. The Morgan fingerprint density at radius 2 is 2.10 bits per heavy atom. The molecular weight excluding hydrogens is 268 g/mol. The van der Waals surface area contributed by atoms with E-state index in [1.54, 1.807) is 10.8 Å². The Balaban J connectivity index is 2.35. The lowest BCUT2D eigenvalue weighted by molar-refractivity contribution is 0.0694. The zero-order chi connectivity index (χ0) is 15.6. The van der Waals surface area contributed by atoms with Crippen LogP contribution in [0.2, 0.25) is 0 Å². The van der Waals surface area contributed by atoms with Crippen LogP contribution in [0.15, 0.2) is 12.3 Å². The third-order valence-electron chi connectivity index (χ3n) is 3.06. The van der Waals surface area contributed by atoms with Crippen molar-refractivity contribution in [1.29, 1.82) is 0 Å². The molecule has 6 heteroatoms. The summed E-state index contributed by atoms with van der Waals surface area (Å²) in [6.45, 7) is 5.74. The average molecular weight is 286 g/mol. The smallest absolute Gasteiger partial charge is 0.339 e. The van der Waals surface area contributed by atoms with Gasteiger partial charge in [-0.05, 0) is 31.1 Å². The van der Waals surface area contributed by atoms with Crippen molar-refractivity contribution >= 4 is 18.1 Å². The predicted molar refractivity (Wildman–Crippen MR) is 80.0 cm³/mol. The van der Waals surface area contributed by atoms with Crippen LogP contribution in [0.4, 0.5) is 0 Å². The fourth-order valence-electron chi connectivity index (χ4n) is 2.04. The summed E-state index contributed by atoms with van der Waals surface area (Å²) < 4.78 is 1.76. The van der Waals surface area contributed by atoms with Crippen LogP contribution in [-0.4, -0.2) is 30.8 Å². The molecule has 0 saturated heterocycles. The lowest BCUT2D eigenvalue weighted by Gasteiger charge is -2.08. The van der Waals surface area contributed by atoms with E-state index < -0.39 is 5.97 Å². The van der Waals surface area contributed by atoms with Crippen LogP contribution in [-0.2, 0) is 7.05 Å². The van der Waals surface area contributed by atoms with Crippen LogP contribution < -0.4 is 0 Å². The zero-order valence-electron chi connectivity index (χ0n) is 12.5. The topological polar surface area (TPSA) is 80.9 Å². The van der Waals surface area contributed by atoms with Gasteiger partial charge in [0.25, 0.3) is 0 Å². The van der Waals surface area contributed by atoms with E-state index in [9.17, 15) is 4.79 Å². The van der Waals surface area contributed by atoms with Crippen molar-refractivity contribution in [2.75, 3.05) is 0 Å². The van der Waals surface area contributed by atoms with E-state index in [4.69, 9.17) is 5.11 Å². The number of carboxylic acids is 1. The molecular formula is C15H18N4O2. The molecule has 0 radical (unpaired) electrons. The summed E-state index contributed by atoms with van der Waals surface area (Å²) in [6.07, 6.45) is 4.98. The molecule has 2 aromatic rings. The maximum Gasteiger partial charge on any atom is 0.339 e. The summed E-state index contributed by atoms with van der Waals surface area (Å²) in [5.41, 5.74) is 2.56. The van der Waals surface area contributed by atoms with Gasteiger partial charge in [-0.2, -0.15) is 5.10 Å². The second kappa shape index (κ2) is 5.87. The highest BCUT2D eigenvalue weighted by Gasteiger charge is 2.15. The molecule has 0 fully saturated rings. The Bertz CT molecular complexity index is 702. The molecule has 2 rings (SSSR count). The van der Waals surface area contributed by atoms with Crippen molar-refractivity contribution in [3.63, 3.8) is 0 Å². The number of hydrogen-bond donors (Lipinski definition) is 1. The minimum Gasteiger partial charge on any atom is -0.478 e. The van der Waals surface area contributed by atoms with Crippen LogP contribution in [0.25, 0.3) is 12.2 Å². The first kappa shape index (κ1) is 14.9. The molecule has 1 N–H and O–H groups in total. The highest BCUT2D eigenvalue weighted by atomic mass is 16.4. The Morgan fingerprint density at radius 1 is 1.38 bits per heavy atom. The molecule has 0 aromatic carbocycles. The van der Waals surface area contributed by atoms with Crippen LogP contribution in [0, 0.1) is 6.92 Å². The van der Waals surface area contributed by atoms with Crippen molar-refractivity contribution in [2.24, 2.45) is 7.05 Å². The molecule has 0 atom stereocenters. The number of hydrogen-bond acceptors (Lipinski definition) is 4. The van der Waals surface area contributed by atoms with Crippen LogP contribution in [0.3, 0.4) is 0 Å². The second-order valence-corrected chi connectivity index (χ2v) is 5.15. The van der Waals surface area contributed by atoms with Gasteiger partial charge in [0, 0.05) is 13.2 Å². The molecule has 0 saturated carbocycles. The highest BCUT2D eigenvalue weighted by Crippen LogP contribution is 2.17. The Morgan fingerprint density at radius 3 is 2.62 bits per heavy atom. The Labute approximate surface area is 123 Å². The van der Waals surface area contributed by atoms with Gasteiger partial charge in [-0.15, -0.1) is 0 Å². The van der Waals surface area contributed by atoms with Crippen molar-refractivity contribution in [3.8, 4) is 0 Å². The molecule has 0 amide bonds. The Hall–Kier alpha value is -2.50. The molecule has 0 aliphatic carbocycles. The van der Waals surface area contributed by atoms with Gasteiger partial charge in [0.05, 0.1) is 22.6 Å². The SMILES string of the molecule is Cc1cc(C=Cc2ncc(C(=O)O)c(C(C)C)n2)n(C)n1. The first-order chi connectivity index (χ1) is 9.88. The molecule has 0 unspecified atom stereocenters. The fraction of sp³-hybridized carbons (Fsp3) is 0.333. The van der Waals surface area contributed by atoms with Gasteiger partial charge < -0.3 is 5.11 Å². The van der Waals surface area contributed by atoms with E-state index in [2.05, 4.69) is 15.1 Å². The molecule has 2 heterocycles. The van der Waals surface area contributed by atoms with E-state index in [1.807, 2.05) is 40.0 Å². The molecule has 0 bridgehead atoms. The quantitative estimate of drug-likeness (QED) is 0.934. The van der Waals surface area contributed by atoms with Crippen LogP contribution in [0.5, 0.6) is 0 Å². The van der Waals surface area contributed by atoms with Gasteiger partial charge in [0.15, 0.2) is 5.82 Å². The van der Waals surface area contributed by atoms with E-state index in [-0.39, 0.29) is 11.5 Å². The van der Waals surface area contributed by atoms with Gasteiger partial charge in [-0.25, -0.2) is 14.8 Å². The molecule has 0 aliphatic rings. The average Bonchev–Trinajstić information content (AvgIpc) is 2.74. The molecule has 6 nitrogen and oxygen atoms in total. The third kappa shape index (κ3) is 3.34. The number of nitrogens with zero attached hydrogens (tertiary/aromatic N) is 4. The van der Waals surface area contributed by atoms with Gasteiger partial charge in [0.1, 0.15) is 0 Å². The summed E-state index contributed by atoms with van der Waals surface area (Å²) in [7, 11) is 1.86. The maximum atomic E-state index is 11.2. The van der Waals surface area contributed by atoms with Gasteiger partial charge in [-0.3, -0.25) is 4.68 Å². The molecule has 2 aromatic heterocycles. The van der Waals surface area contributed by atoms with Crippen LogP contribution in [0.1, 0.15) is 53.0 Å². The normalized spacial score (nSPS) is 11.5. The molecule has 0 spiro atoms. The summed E-state index contributed by atoms with van der Waals surface area (Å²) in [4.78, 5) is 19.6. The lowest BCUT2D eigenvalue weighted by Crippen LogP contribution is -2.08. The minimum atomic E-state index is -1.00. The summed E-state index contributed by atoms with van der Waals surface area (Å²) in [6, 6.07) is 1.95. The van der Waals surface area contributed by atoms with E-state index in [0.717, 1.165) is 11.4 Å². The van der Waals surface area contributed by atoms with E-state index >= 15 is 0 Å². The molecule has 21 heavy (non-hydrogen) atoms. The van der Waals surface area contributed by atoms with Crippen molar-refractivity contribution in [2.45, 2.75) is 26.7 Å². The van der Waals surface area contributed by atoms with Gasteiger partial charge >= 0.3 is 5.97 Å². The van der Waals surface area contributed by atoms with Crippen LogP contribution >= 0.6 is 0 Å². The Kier molecular flexibility index (Phi) is 4.16. The zero-order valence-corrected chi connectivity index (χ0v) is 12.5. The number of carbonyl (C=O) groups is 1.